The van der Waals surface area contributed by atoms with Crippen LogP contribution in [0.2, 0.25) is 0 Å². The van der Waals surface area contributed by atoms with Crippen LogP contribution in [0.5, 0.6) is 0 Å². The Balaban J connectivity index is 2.18. The summed E-state index contributed by atoms with van der Waals surface area (Å²) in [7, 11) is 0. The first-order valence-electron chi connectivity index (χ1n) is 6.32. The molecule has 0 atom stereocenters. The Bertz CT molecular complexity index is 356. The van der Waals surface area contributed by atoms with Gasteiger partial charge in [0.1, 0.15) is 0 Å². The molecule has 2 nitrogen and oxygen atoms in total. The molecule has 0 spiro atoms. The van der Waals surface area contributed by atoms with Gasteiger partial charge in [-0.2, -0.15) is 0 Å². The second-order valence-corrected chi connectivity index (χ2v) is 4.90. The van der Waals surface area contributed by atoms with Gasteiger partial charge < -0.3 is 10.6 Å². The van der Waals surface area contributed by atoms with Gasteiger partial charge in [-0.1, -0.05) is 19.1 Å². The lowest BCUT2D eigenvalue weighted by Gasteiger charge is -2.26. The van der Waals surface area contributed by atoms with E-state index in [4.69, 9.17) is 5.73 Å². The minimum absolute atomic E-state index is 0.909. The van der Waals surface area contributed by atoms with Crippen LogP contribution in [-0.4, -0.2) is 13.1 Å². The lowest BCUT2D eigenvalue weighted by molar-refractivity contribution is 0.709. The zero-order chi connectivity index (χ0) is 11.5. The molecule has 2 rings (SSSR count). The third-order valence-electron chi connectivity index (χ3n) is 3.31. The standard InChI is InChI=1S/C14H22N2/c1-3-9-16(10-12-7-8-12)13-6-4-5-11(2)14(13)15/h4-6,12H,3,7-10,15H2,1-2H3. The summed E-state index contributed by atoms with van der Waals surface area (Å²) >= 11 is 0. The maximum absolute atomic E-state index is 6.17. The topological polar surface area (TPSA) is 29.3 Å². The molecule has 2 N–H and O–H groups in total. The Kier molecular flexibility index (Phi) is 3.37. The van der Waals surface area contributed by atoms with Gasteiger partial charge in [0.25, 0.3) is 0 Å². The number of nitrogens with two attached hydrogens (primary N) is 1. The van der Waals surface area contributed by atoms with E-state index in [-0.39, 0.29) is 0 Å². The minimum atomic E-state index is 0.909. The first-order chi connectivity index (χ1) is 7.72. The zero-order valence-corrected chi connectivity index (χ0v) is 10.4. The number of benzene rings is 1. The molecule has 0 amide bonds. The van der Waals surface area contributed by atoms with Crippen LogP contribution in [0.4, 0.5) is 11.4 Å². The van der Waals surface area contributed by atoms with Crippen molar-refractivity contribution in [2.75, 3.05) is 23.7 Å². The number of hydrogen-bond acceptors (Lipinski definition) is 2. The molecule has 1 aliphatic carbocycles. The van der Waals surface area contributed by atoms with Crippen LogP contribution in [0.15, 0.2) is 18.2 Å². The average Bonchev–Trinajstić information content (AvgIpc) is 3.06. The molecule has 88 valence electrons. The second kappa shape index (κ2) is 4.77. The number of anilines is 2. The van der Waals surface area contributed by atoms with Gasteiger partial charge in [-0.25, -0.2) is 0 Å². The Labute approximate surface area is 98.4 Å². The molecule has 1 saturated carbocycles. The molecule has 0 radical (unpaired) electrons. The summed E-state index contributed by atoms with van der Waals surface area (Å²) in [5.41, 5.74) is 9.54. The van der Waals surface area contributed by atoms with Crippen molar-refractivity contribution >= 4 is 11.4 Å². The summed E-state index contributed by atoms with van der Waals surface area (Å²) in [6, 6.07) is 6.34. The lowest BCUT2D eigenvalue weighted by Crippen LogP contribution is -2.27. The summed E-state index contributed by atoms with van der Waals surface area (Å²) in [6.45, 7) is 6.61. The van der Waals surface area contributed by atoms with Crippen LogP contribution < -0.4 is 10.6 Å². The number of hydrogen-bond donors (Lipinski definition) is 1. The fourth-order valence-corrected chi connectivity index (χ4v) is 2.13. The molecule has 0 unspecified atom stereocenters. The third-order valence-corrected chi connectivity index (χ3v) is 3.31. The number of para-hydroxylation sites is 1. The van der Waals surface area contributed by atoms with Gasteiger partial charge in [0, 0.05) is 13.1 Å². The highest BCUT2D eigenvalue weighted by Gasteiger charge is 2.24. The van der Waals surface area contributed by atoms with Gasteiger partial charge in [-0.15, -0.1) is 0 Å². The van der Waals surface area contributed by atoms with E-state index in [1.54, 1.807) is 0 Å². The number of nitrogens with zero attached hydrogens (tertiary/aromatic N) is 1. The van der Waals surface area contributed by atoms with Gasteiger partial charge >= 0.3 is 0 Å². The molecule has 1 aromatic rings. The summed E-state index contributed by atoms with van der Waals surface area (Å²) in [5.74, 6) is 0.909. The quantitative estimate of drug-likeness (QED) is 0.769. The Morgan fingerprint density at radius 2 is 2.12 bits per heavy atom. The predicted octanol–water partition coefficient (Wildman–Crippen LogP) is 3.20. The number of rotatable bonds is 5. The maximum atomic E-state index is 6.17. The highest BCUT2D eigenvalue weighted by molar-refractivity contribution is 5.70. The first kappa shape index (κ1) is 11.3. The van der Waals surface area contributed by atoms with Crippen LogP contribution in [-0.2, 0) is 0 Å². The molecule has 1 fully saturated rings. The third kappa shape index (κ3) is 2.49. The van der Waals surface area contributed by atoms with E-state index in [0.717, 1.165) is 18.2 Å². The molecule has 1 aliphatic rings. The van der Waals surface area contributed by atoms with Gasteiger partial charge in [0.05, 0.1) is 11.4 Å². The van der Waals surface area contributed by atoms with E-state index in [0.29, 0.717) is 0 Å². The van der Waals surface area contributed by atoms with E-state index < -0.39 is 0 Å². The number of aryl methyl sites for hydroxylation is 1. The summed E-state index contributed by atoms with van der Waals surface area (Å²) in [4.78, 5) is 2.46. The van der Waals surface area contributed by atoms with Crippen molar-refractivity contribution in [3.05, 3.63) is 23.8 Å². The molecular weight excluding hydrogens is 196 g/mol. The van der Waals surface area contributed by atoms with Crippen molar-refractivity contribution in [2.45, 2.75) is 33.1 Å². The minimum Gasteiger partial charge on any atom is -0.397 e. The Hall–Kier alpha value is -1.18. The molecule has 0 heterocycles. The Morgan fingerprint density at radius 3 is 2.75 bits per heavy atom. The fourth-order valence-electron chi connectivity index (χ4n) is 2.13. The monoisotopic (exact) mass is 218 g/mol. The molecule has 1 aromatic carbocycles. The number of nitrogen functional groups attached to an aromatic ring is 1. The first-order valence-corrected chi connectivity index (χ1v) is 6.32. The zero-order valence-electron chi connectivity index (χ0n) is 10.4. The Morgan fingerprint density at radius 1 is 1.38 bits per heavy atom. The van der Waals surface area contributed by atoms with Gasteiger partial charge in [-0.3, -0.25) is 0 Å². The van der Waals surface area contributed by atoms with E-state index in [2.05, 4.69) is 36.9 Å². The lowest BCUT2D eigenvalue weighted by atomic mass is 10.1. The SMILES string of the molecule is CCCN(CC1CC1)c1cccc(C)c1N. The largest absolute Gasteiger partial charge is 0.397 e. The normalized spacial score (nSPS) is 15.1. The van der Waals surface area contributed by atoms with Crippen LogP contribution >= 0.6 is 0 Å². The van der Waals surface area contributed by atoms with E-state index >= 15 is 0 Å². The van der Waals surface area contributed by atoms with Crippen LogP contribution in [0.25, 0.3) is 0 Å². The molecule has 2 heteroatoms. The molecule has 0 aliphatic heterocycles. The predicted molar refractivity (Wildman–Crippen MR) is 70.8 cm³/mol. The van der Waals surface area contributed by atoms with E-state index in [1.807, 2.05) is 0 Å². The van der Waals surface area contributed by atoms with Gasteiger partial charge in [0.15, 0.2) is 0 Å². The average molecular weight is 218 g/mol. The molecular formula is C14H22N2. The summed E-state index contributed by atoms with van der Waals surface area (Å²) in [6.07, 6.45) is 3.97. The van der Waals surface area contributed by atoms with Crippen molar-refractivity contribution in [1.82, 2.24) is 0 Å². The van der Waals surface area contributed by atoms with Crippen molar-refractivity contribution in [3.8, 4) is 0 Å². The second-order valence-electron chi connectivity index (χ2n) is 4.90. The van der Waals surface area contributed by atoms with Crippen LogP contribution in [0.1, 0.15) is 31.7 Å². The van der Waals surface area contributed by atoms with Gasteiger partial charge in [-0.05, 0) is 43.7 Å². The van der Waals surface area contributed by atoms with Crippen molar-refractivity contribution < 1.29 is 0 Å². The summed E-state index contributed by atoms with van der Waals surface area (Å²) in [5, 5.41) is 0. The van der Waals surface area contributed by atoms with E-state index in [1.165, 1.54) is 37.1 Å². The van der Waals surface area contributed by atoms with Crippen molar-refractivity contribution in [2.24, 2.45) is 5.92 Å². The highest BCUT2D eigenvalue weighted by atomic mass is 15.1. The smallest absolute Gasteiger partial charge is 0.0602 e. The van der Waals surface area contributed by atoms with Crippen LogP contribution in [0, 0.1) is 12.8 Å². The molecule has 0 saturated heterocycles. The maximum Gasteiger partial charge on any atom is 0.0602 e. The molecule has 0 aromatic heterocycles. The van der Waals surface area contributed by atoms with E-state index in [9.17, 15) is 0 Å². The fraction of sp³-hybridized carbons (Fsp3) is 0.571. The molecule has 0 bridgehead atoms. The van der Waals surface area contributed by atoms with Gasteiger partial charge in [0.2, 0.25) is 0 Å². The van der Waals surface area contributed by atoms with Crippen molar-refractivity contribution in [3.63, 3.8) is 0 Å². The highest BCUT2D eigenvalue weighted by Crippen LogP contribution is 2.34. The van der Waals surface area contributed by atoms with Crippen molar-refractivity contribution in [1.29, 1.82) is 0 Å². The van der Waals surface area contributed by atoms with Crippen LogP contribution in [0.3, 0.4) is 0 Å². The molecule has 16 heavy (non-hydrogen) atoms. The summed E-state index contributed by atoms with van der Waals surface area (Å²) < 4.78 is 0.